The van der Waals surface area contributed by atoms with Gasteiger partial charge in [-0.05, 0) is 30.5 Å². The summed E-state index contributed by atoms with van der Waals surface area (Å²) in [6, 6.07) is 14.0. The minimum Gasteiger partial charge on any atom is -0.496 e. The van der Waals surface area contributed by atoms with Crippen molar-refractivity contribution < 1.29 is 19.1 Å². The van der Waals surface area contributed by atoms with Crippen molar-refractivity contribution in [2.24, 2.45) is 5.92 Å². The second kappa shape index (κ2) is 13.1. The van der Waals surface area contributed by atoms with E-state index in [0.717, 1.165) is 31.2 Å². The molecule has 0 saturated heterocycles. The molecule has 0 heterocycles. The van der Waals surface area contributed by atoms with Crippen LogP contribution in [0, 0.1) is 5.92 Å². The summed E-state index contributed by atoms with van der Waals surface area (Å²) in [4.78, 5) is 37.4. The van der Waals surface area contributed by atoms with Crippen LogP contribution in [0.25, 0.3) is 0 Å². The highest BCUT2D eigenvalue weighted by Crippen LogP contribution is 2.19. The number of amides is 3. The first-order valence-corrected chi connectivity index (χ1v) is 11.1. The number of unbranched alkanes of at least 4 members (excludes halogenated alkanes) is 1. The van der Waals surface area contributed by atoms with Crippen molar-refractivity contribution in [3.8, 4) is 5.75 Å². The maximum absolute atomic E-state index is 12.7. The molecule has 0 spiro atoms. The zero-order valence-electron chi connectivity index (χ0n) is 19.1. The van der Waals surface area contributed by atoms with Crippen molar-refractivity contribution in [1.29, 1.82) is 0 Å². The standard InChI is InChI=1S/C25H33N3O4/c1-4-6-11-18(5-2)16-26-24(30)25(31)28-21-14-9-8-13-20(21)23(29)27-17-19-12-7-10-15-22(19)32-3/h7-10,12-15,18H,4-6,11,16-17H2,1-3H3,(H,26,30)(H,27,29)(H,28,31)/t18-/m1/s1. The molecule has 3 amide bonds. The number of methoxy groups -OCH3 is 1. The number of para-hydroxylation sites is 2. The first kappa shape index (κ1) is 24.9. The van der Waals surface area contributed by atoms with Gasteiger partial charge in [0.15, 0.2) is 0 Å². The van der Waals surface area contributed by atoms with E-state index in [-0.39, 0.29) is 23.7 Å². The summed E-state index contributed by atoms with van der Waals surface area (Å²) in [6.07, 6.45) is 4.15. The summed E-state index contributed by atoms with van der Waals surface area (Å²) in [5.41, 5.74) is 1.39. The molecule has 0 aromatic heterocycles. The quantitative estimate of drug-likeness (QED) is 0.463. The van der Waals surface area contributed by atoms with Crippen molar-refractivity contribution in [2.45, 2.75) is 46.1 Å². The van der Waals surface area contributed by atoms with Crippen LogP contribution in [0.4, 0.5) is 5.69 Å². The Balaban J connectivity index is 1.97. The Kier molecular flexibility index (Phi) is 10.2. The molecule has 0 unspecified atom stereocenters. The van der Waals surface area contributed by atoms with E-state index in [2.05, 4.69) is 29.8 Å². The van der Waals surface area contributed by atoms with Crippen molar-refractivity contribution in [3.05, 3.63) is 59.7 Å². The van der Waals surface area contributed by atoms with E-state index >= 15 is 0 Å². The van der Waals surface area contributed by atoms with Crippen LogP contribution in [0.3, 0.4) is 0 Å². The molecule has 0 saturated carbocycles. The first-order chi connectivity index (χ1) is 15.5. The van der Waals surface area contributed by atoms with Gasteiger partial charge in [-0.2, -0.15) is 0 Å². The summed E-state index contributed by atoms with van der Waals surface area (Å²) in [5, 5.41) is 8.09. The fourth-order valence-corrected chi connectivity index (χ4v) is 3.35. The monoisotopic (exact) mass is 439 g/mol. The average Bonchev–Trinajstić information content (AvgIpc) is 2.82. The highest BCUT2D eigenvalue weighted by atomic mass is 16.5. The number of anilines is 1. The van der Waals surface area contributed by atoms with E-state index in [4.69, 9.17) is 4.74 Å². The third-order valence-electron chi connectivity index (χ3n) is 5.35. The molecular weight excluding hydrogens is 406 g/mol. The molecule has 7 nitrogen and oxygen atoms in total. The van der Waals surface area contributed by atoms with Crippen LogP contribution in [0.15, 0.2) is 48.5 Å². The molecule has 0 fully saturated rings. The van der Waals surface area contributed by atoms with Crippen LogP contribution in [-0.2, 0) is 16.1 Å². The number of ether oxygens (including phenoxy) is 1. The molecule has 3 N–H and O–H groups in total. The largest absolute Gasteiger partial charge is 0.496 e. The number of carbonyl (C=O) groups excluding carboxylic acids is 3. The molecule has 2 aromatic carbocycles. The number of rotatable bonds is 11. The minimum absolute atomic E-state index is 0.266. The van der Waals surface area contributed by atoms with E-state index in [1.807, 2.05) is 24.3 Å². The molecule has 172 valence electrons. The van der Waals surface area contributed by atoms with Gasteiger partial charge in [0.05, 0.1) is 18.4 Å². The van der Waals surface area contributed by atoms with E-state index in [0.29, 0.717) is 18.2 Å². The molecule has 0 aliphatic rings. The molecule has 2 rings (SSSR count). The maximum Gasteiger partial charge on any atom is 0.313 e. The molecule has 2 aromatic rings. The van der Waals surface area contributed by atoms with Crippen LogP contribution < -0.4 is 20.7 Å². The number of hydrogen-bond acceptors (Lipinski definition) is 4. The van der Waals surface area contributed by atoms with Gasteiger partial charge in [0, 0.05) is 18.7 Å². The third kappa shape index (κ3) is 7.41. The summed E-state index contributed by atoms with van der Waals surface area (Å²) in [5.74, 6) is -0.836. The lowest BCUT2D eigenvalue weighted by molar-refractivity contribution is -0.136. The average molecular weight is 440 g/mol. The highest BCUT2D eigenvalue weighted by Gasteiger charge is 2.19. The van der Waals surface area contributed by atoms with Crippen LogP contribution in [0.1, 0.15) is 55.5 Å². The van der Waals surface area contributed by atoms with E-state index in [1.165, 1.54) is 0 Å². The zero-order valence-corrected chi connectivity index (χ0v) is 19.1. The summed E-state index contributed by atoms with van der Waals surface area (Å²) >= 11 is 0. The van der Waals surface area contributed by atoms with Gasteiger partial charge in [-0.3, -0.25) is 14.4 Å². The van der Waals surface area contributed by atoms with Crippen molar-refractivity contribution in [2.75, 3.05) is 19.0 Å². The van der Waals surface area contributed by atoms with Gasteiger partial charge in [0.25, 0.3) is 5.91 Å². The van der Waals surface area contributed by atoms with Crippen molar-refractivity contribution in [3.63, 3.8) is 0 Å². The Bertz CT molecular complexity index is 914. The van der Waals surface area contributed by atoms with Gasteiger partial charge in [0.1, 0.15) is 5.75 Å². The van der Waals surface area contributed by atoms with Crippen molar-refractivity contribution in [1.82, 2.24) is 10.6 Å². The molecular formula is C25H33N3O4. The van der Waals surface area contributed by atoms with E-state index in [9.17, 15) is 14.4 Å². The van der Waals surface area contributed by atoms with Gasteiger partial charge in [-0.25, -0.2) is 0 Å². The molecule has 0 aliphatic carbocycles. The van der Waals surface area contributed by atoms with Crippen LogP contribution in [0.5, 0.6) is 5.75 Å². The zero-order chi connectivity index (χ0) is 23.3. The SMILES string of the molecule is CCCC[C@@H](CC)CNC(=O)C(=O)Nc1ccccc1C(=O)NCc1ccccc1OC. The van der Waals surface area contributed by atoms with Gasteiger partial charge < -0.3 is 20.7 Å². The Hall–Kier alpha value is -3.35. The predicted octanol–water partition coefficient (Wildman–Crippen LogP) is 3.90. The molecule has 1 atom stereocenters. The lowest BCUT2D eigenvalue weighted by atomic mass is 9.99. The Morgan fingerprint density at radius 2 is 1.66 bits per heavy atom. The van der Waals surface area contributed by atoms with Gasteiger partial charge in [-0.1, -0.05) is 63.4 Å². The summed E-state index contributed by atoms with van der Waals surface area (Å²) in [6.45, 7) is 4.93. The maximum atomic E-state index is 12.7. The van der Waals surface area contributed by atoms with E-state index < -0.39 is 11.8 Å². The van der Waals surface area contributed by atoms with E-state index in [1.54, 1.807) is 31.4 Å². The van der Waals surface area contributed by atoms with Crippen LogP contribution in [0.2, 0.25) is 0 Å². The Morgan fingerprint density at radius 1 is 0.938 bits per heavy atom. The third-order valence-corrected chi connectivity index (χ3v) is 5.35. The lowest BCUT2D eigenvalue weighted by Gasteiger charge is -2.15. The highest BCUT2D eigenvalue weighted by molar-refractivity contribution is 6.40. The minimum atomic E-state index is -0.791. The number of carbonyl (C=O) groups is 3. The van der Waals surface area contributed by atoms with Crippen LogP contribution in [-0.4, -0.2) is 31.4 Å². The fraction of sp³-hybridized carbons (Fsp3) is 0.400. The lowest BCUT2D eigenvalue weighted by Crippen LogP contribution is -2.38. The number of nitrogens with one attached hydrogen (secondary N) is 3. The van der Waals surface area contributed by atoms with Gasteiger partial charge in [-0.15, -0.1) is 0 Å². The molecule has 0 aliphatic heterocycles. The summed E-state index contributed by atoms with van der Waals surface area (Å²) in [7, 11) is 1.57. The summed E-state index contributed by atoms with van der Waals surface area (Å²) < 4.78 is 5.30. The number of benzene rings is 2. The second-order valence-electron chi connectivity index (χ2n) is 7.62. The molecule has 0 radical (unpaired) electrons. The molecule has 7 heteroatoms. The smallest absolute Gasteiger partial charge is 0.313 e. The first-order valence-electron chi connectivity index (χ1n) is 11.1. The van der Waals surface area contributed by atoms with Gasteiger partial charge >= 0.3 is 11.8 Å². The van der Waals surface area contributed by atoms with Crippen molar-refractivity contribution >= 4 is 23.4 Å². The predicted molar refractivity (Wildman–Crippen MR) is 126 cm³/mol. The Labute approximate surface area is 189 Å². The molecule has 32 heavy (non-hydrogen) atoms. The normalized spacial score (nSPS) is 11.3. The topological polar surface area (TPSA) is 96.5 Å². The second-order valence-corrected chi connectivity index (χ2v) is 7.62. The van der Waals surface area contributed by atoms with Crippen LogP contribution >= 0.6 is 0 Å². The fourth-order valence-electron chi connectivity index (χ4n) is 3.35. The van der Waals surface area contributed by atoms with Gasteiger partial charge in [0.2, 0.25) is 0 Å². The number of hydrogen-bond donors (Lipinski definition) is 3. The molecule has 0 bridgehead atoms. The Morgan fingerprint density at radius 3 is 2.38 bits per heavy atom.